The first kappa shape index (κ1) is 13.4. The van der Waals surface area contributed by atoms with Crippen LogP contribution in [0.4, 0.5) is 5.69 Å². The Balaban J connectivity index is 1.92. The first-order valence-electron chi connectivity index (χ1n) is 6.29. The van der Waals surface area contributed by atoms with Crippen molar-refractivity contribution < 1.29 is 9.90 Å². The Bertz CT molecular complexity index is 816. The van der Waals surface area contributed by atoms with Crippen molar-refractivity contribution in [2.24, 2.45) is 0 Å². The van der Waals surface area contributed by atoms with Gasteiger partial charge in [0.25, 0.3) is 5.91 Å². The van der Waals surface area contributed by atoms with Gasteiger partial charge in [0.15, 0.2) is 0 Å². The number of aromatic nitrogens is 1. The number of amides is 1. The van der Waals surface area contributed by atoms with Crippen LogP contribution in [0.3, 0.4) is 0 Å². The number of hydrogen-bond acceptors (Lipinski definition) is 3. The van der Waals surface area contributed by atoms with Gasteiger partial charge >= 0.3 is 0 Å². The highest BCUT2D eigenvalue weighted by molar-refractivity contribution is 6.35. The number of carbonyl (C=O) groups is 1. The largest absolute Gasteiger partial charge is 0.508 e. The number of para-hydroxylation sites is 1. The molecule has 5 heteroatoms. The maximum absolute atomic E-state index is 12.2. The molecule has 3 aromatic rings. The molecule has 104 valence electrons. The Kier molecular flexibility index (Phi) is 3.46. The number of fused-ring (bicyclic) bond motifs is 1. The molecule has 0 spiro atoms. The van der Waals surface area contributed by atoms with Crippen LogP contribution in [0.25, 0.3) is 10.9 Å². The van der Waals surface area contributed by atoms with Crippen molar-refractivity contribution in [2.45, 2.75) is 0 Å². The maximum Gasteiger partial charge on any atom is 0.274 e. The lowest BCUT2D eigenvalue weighted by molar-refractivity contribution is 0.102. The molecule has 2 aromatic carbocycles. The zero-order chi connectivity index (χ0) is 14.8. The fourth-order valence-electron chi connectivity index (χ4n) is 1.99. The van der Waals surface area contributed by atoms with Crippen molar-refractivity contribution in [3.8, 4) is 5.75 Å². The minimum Gasteiger partial charge on any atom is -0.508 e. The summed E-state index contributed by atoms with van der Waals surface area (Å²) in [4.78, 5) is 16.5. The lowest BCUT2D eigenvalue weighted by atomic mass is 10.2. The second-order valence-corrected chi connectivity index (χ2v) is 4.91. The number of benzene rings is 2. The van der Waals surface area contributed by atoms with E-state index in [1.165, 1.54) is 12.1 Å². The van der Waals surface area contributed by atoms with Crippen molar-refractivity contribution in [1.82, 2.24) is 4.98 Å². The fraction of sp³-hybridized carbons (Fsp3) is 0. The molecule has 0 unspecified atom stereocenters. The monoisotopic (exact) mass is 298 g/mol. The topological polar surface area (TPSA) is 62.2 Å². The SMILES string of the molecule is O=C(Nc1ccc(O)cc1)c1cc(Cl)c2ccccc2n1. The van der Waals surface area contributed by atoms with Gasteiger partial charge in [-0.05, 0) is 36.4 Å². The van der Waals surface area contributed by atoms with Gasteiger partial charge in [-0.3, -0.25) is 4.79 Å². The highest BCUT2D eigenvalue weighted by Crippen LogP contribution is 2.23. The van der Waals surface area contributed by atoms with E-state index >= 15 is 0 Å². The number of rotatable bonds is 2. The summed E-state index contributed by atoms with van der Waals surface area (Å²) in [6.45, 7) is 0. The summed E-state index contributed by atoms with van der Waals surface area (Å²) in [5, 5.41) is 13.2. The predicted octanol–water partition coefficient (Wildman–Crippen LogP) is 3.85. The average Bonchev–Trinajstić information content (AvgIpc) is 2.49. The number of nitrogens with one attached hydrogen (secondary N) is 1. The molecule has 4 nitrogen and oxygen atoms in total. The molecule has 0 saturated carbocycles. The molecule has 3 rings (SSSR count). The number of carbonyl (C=O) groups excluding carboxylic acids is 1. The number of aromatic hydroxyl groups is 1. The van der Waals surface area contributed by atoms with Gasteiger partial charge < -0.3 is 10.4 Å². The molecule has 0 aliphatic carbocycles. The third-order valence-electron chi connectivity index (χ3n) is 3.02. The van der Waals surface area contributed by atoms with Crippen molar-refractivity contribution >= 4 is 34.1 Å². The minimum atomic E-state index is -0.353. The zero-order valence-corrected chi connectivity index (χ0v) is 11.6. The number of hydrogen-bond donors (Lipinski definition) is 2. The molecule has 2 N–H and O–H groups in total. The van der Waals surface area contributed by atoms with Crippen LogP contribution in [0.1, 0.15) is 10.5 Å². The summed E-state index contributed by atoms with van der Waals surface area (Å²) >= 11 is 6.18. The van der Waals surface area contributed by atoms with E-state index in [9.17, 15) is 9.90 Å². The Hall–Kier alpha value is -2.59. The smallest absolute Gasteiger partial charge is 0.274 e. The number of pyridine rings is 1. The molecule has 0 radical (unpaired) electrons. The highest BCUT2D eigenvalue weighted by atomic mass is 35.5. The highest BCUT2D eigenvalue weighted by Gasteiger charge is 2.11. The molecular formula is C16H11ClN2O2. The van der Waals surface area contributed by atoms with Crippen LogP contribution < -0.4 is 5.32 Å². The lowest BCUT2D eigenvalue weighted by Gasteiger charge is -2.07. The first-order valence-corrected chi connectivity index (χ1v) is 6.67. The predicted molar refractivity (Wildman–Crippen MR) is 82.8 cm³/mol. The molecular weight excluding hydrogens is 288 g/mol. The molecule has 1 amide bonds. The van der Waals surface area contributed by atoms with Crippen LogP contribution in [-0.4, -0.2) is 16.0 Å². The van der Waals surface area contributed by atoms with Gasteiger partial charge in [0.05, 0.1) is 10.5 Å². The van der Waals surface area contributed by atoms with Crippen molar-refractivity contribution in [2.75, 3.05) is 5.32 Å². The molecule has 0 saturated heterocycles. The minimum absolute atomic E-state index is 0.139. The van der Waals surface area contributed by atoms with E-state index in [0.29, 0.717) is 16.2 Å². The van der Waals surface area contributed by atoms with E-state index in [1.807, 2.05) is 18.2 Å². The first-order chi connectivity index (χ1) is 10.1. The third-order valence-corrected chi connectivity index (χ3v) is 3.34. The number of halogens is 1. The van der Waals surface area contributed by atoms with E-state index in [-0.39, 0.29) is 17.4 Å². The Labute approximate surface area is 126 Å². The van der Waals surface area contributed by atoms with Crippen LogP contribution in [0.15, 0.2) is 54.6 Å². The van der Waals surface area contributed by atoms with E-state index in [0.717, 1.165) is 5.39 Å². The van der Waals surface area contributed by atoms with Gasteiger partial charge in [-0.2, -0.15) is 0 Å². The normalized spacial score (nSPS) is 10.5. The molecule has 1 aromatic heterocycles. The lowest BCUT2D eigenvalue weighted by Crippen LogP contribution is -2.13. The van der Waals surface area contributed by atoms with E-state index in [4.69, 9.17) is 11.6 Å². The van der Waals surface area contributed by atoms with Crippen molar-refractivity contribution in [3.63, 3.8) is 0 Å². The van der Waals surface area contributed by atoms with Crippen LogP contribution in [-0.2, 0) is 0 Å². The fourth-order valence-corrected chi connectivity index (χ4v) is 2.25. The van der Waals surface area contributed by atoms with E-state index in [1.54, 1.807) is 24.3 Å². The summed E-state index contributed by atoms with van der Waals surface area (Å²) < 4.78 is 0. The van der Waals surface area contributed by atoms with Crippen LogP contribution in [0, 0.1) is 0 Å². The Morgan fingerprint density at radius 3 is 2.57 bits per heavy atom. The summed E-state index contributed by atoms with van der Waals surface area (Å²) in [7, 11) is 0. The molecule has 21 heavy (non-hydrogen) atoms. The number of phenolic OH excluding ortho intramolecular Hbond substituents is 1. The van der Waals surface area contributed by atoms with Gasteiger partial charge in [-0.25, -0.2) is 4.98 Å². The summed E-state index contributed by atoms with van der Waals surface area (Å²) in [5.41, 5.74) is 1.48. The van der Waals surface area contributed by atoms with E-state index in [2.05, 4.69) is 10.3 Å². The molecule has 0 fully saturated rings. The third kappa shape index (κ3) is 2.80. The van der Waals surface area contributed by atoms with Crippen LogP contribution in [0.5, 0.6) is 5.75 Å². The molecule has 0 atom stereocenters. The molecule has 0 aliphatic rings. The zero-order valence-electron chi connectivity index (χ0n) is 10.9. The summed E-state index contributed by atoms with van der Waals surface area (Å²) in [5.74, 6) is -0.215. The van der Waals surface area contributed by atoms with Gasteiger partial charge in [-0.1, -0.05) is 29.8 Å². The Morgan fingerprint density at radius 1 is 1.10 bits per heavy atom. The molecule has 1 heterocycles. The van der Waals surface area contributed by atoms with Crippen LogP contribution in [0.2, 0.25) is 5.02 Å². The quantitative estimate of drug-likeness (QED) is 0.706. The number of anilines is 1. The van der Waals surface area contributed by atoms with Gasteiger partial charge in [0, 0.05) is 11.1 Å². The average molecular weight is 299 g/mol. The number of phenols is 1. The van der Waals surface area contributed by atoms with Gasteiger partial charge in [-0.15, -0.1) is 0 Å². The van der Waals surface area contributed by atoms with Gasteiger partial charge in [0.1, 0.15) is 11.4 Å². The second-order valence-electron chi connectivity index (χ2n) is 4.51. The molecule has 0 aliphatic heterocycles. The van der Waals surface area contributed by atoms with E-state index < -0.39 is 0 Å². The van der Waals surface area contributed by atoms with Crippen LogP contribution >= 0.6 is 11.6 Å². The maximum atomic E-state index is 12.2. The summed E-state index contributed by atoms with van der Waals surface area (Å²) in [6.07, 6.45) is 0. The standard InChI is InChI=1S/C16H11ClN2O2/c17-13-9-15(19-14-4-2-1-3-12(13)14)16(21)18-10-5-7-11(20)8-6-10/h1-9,20H,(H,18,21). The summed E-state index contributed by atoms with van der Waals surface area (Å²) in [6, 6.07) is 15.1. The van der Waals surface area contributed by atoms with Crippen molar-refractivity contribution in [3.05, 3.63) is 65.3 Å². The molecule has 0 bridgehead atoms. The number of nitrogens with zero attached hydrogens (tertiary/aromatic N) is 1. The Morgan fingerprint density at radius 2 is 1.81 bits per heavy atom. The second kappa shape index (κ2) is 5.42. The van der Waals surface area contributed by atoms with Crippen molar-refractivity contribution in [1.29, 1.82) is 0 Å². The van der Waals surface area contributed by atoms with Gasteiger partial charge in [0.2, 0.25) is 0 Å².